The van der Waals surface area contributed by atoms with Gasteiger partial charge in [-0.05, 0) is 18.8 Å². The van der Waals surface area contributed by atoms with E-state index < -0.39 is 6.10 Å². The first-order chi connectivity index (χ1) is 12.1. The van der Waals surface area contributed by atoms with Gasteiger partial charge >= 0.3 is 0 Å². The summed E-state index contributed by atoms with van der Waals surface area (Å²) in [7, 11) is 3.30. The number of β-amino-alcohol motifs (C(OH)–C–C–N with tert-alkyl or cyclic N) is 1. The fourth-order valence-corrected chi connectivity index (χ4v) is 3.49. The van der Waals surface area contributed by atoms with Crippen molar-refractivity contribution in [1.82, 2.24) is 10.6 Å². The SMILES string of the molecule is COc1cc(OC)cc(N2CCC(CNC(=O)C3CC(O)CN3)C2)c1. The molecule has 2 aliphatic heterocycles. The molecule has 2 aliphatic rings. The number of anilines is 1. The summed E-state index contributed by atoms with van der Waals surface area (Å²) in [5.74, 6) is 1.94. The van der Waals surface area contributed by atoms with E-state index in [0.29, 0.717) is 25.4 Å². The standard InChI is InChI=1S/C18H27N3O4/c1-24-15-5-13(6-16(8-15)25-2)21-4-3-12(11-21)9-20-18(23)17-7-14(22)10-19-17/h5-6,8,12,14,17,19,22H,3-4,7,9-11H2,1-2H3,(H,20,23). The van der Waals surface area contributed by atoms with Crippen LogP contribution in [0.4, 0.5) is 5.69 Å². The first-order valence-electron chi connectivity index (χ1n) is 8.76. The predicted molar refractivity (Wildman–Crippen MR) is 95.3 cm³/mol. The number of benzene rings is 1. The molecule has 138 valence electrons. The van der Waals surface area contributed by atoms with Crippen LogP contribution in [0.5, 0.6) is 11.5 Å². The highest BCUT2D eigenvalue weighted by Gasteiger charge is 2.29. The smallest absolute Gasteiger partial charge is 0.237 e. The Balaban J connectivity index is 1.52. The van der Waals surface area contributed by atoms with Gasteiger partial charge in [-0.3, -0.25) is 4.79 Å². The number of hydrogen-bond donors (Lipinski definition) is 3. The minimum atomic E-state index is -0.416. The summed E-state index contributed by atoms with van der Waals surface area (Å²) < 4.78 is 10.7. The maximum atomic E-state index is 12.1. The minimum Gasteiger partial charge on any atom is -0.497 e. The summed E-state index contributed by atoms with van der Waals surface area (Å²) >= 11 is 0. The zero-order valence-electron chi connectivity index (χ0n) is 14.8. The normalized spacial score (nSPS) is 25.9. The molecule has 1 aromatic carbocycles. The van der Waals surface area contributed by atoms with E-state index >= 15 is 0 Å². The van der Waals surface area contributed by atoms with Crippen molar-refractivity contribution in [2.45, 2.75) is 25.0 Å². The minimum absolute atomic E-state index is 0.0157. The predicted octanol–water partition coefficient (Wildman–Crippen LogP) is 0.369. The van der Waals surface area contributed by atoms with Gasteiger partial charge in [0.1, 0.15) is 11.5 Å². The summed E-state index contributed by atoms with van der Waals surface area (Å²) in [6.07, 6.45) is 1.10. The Labute approximate surface area is 148 Å². The number of methoxy groups -OCH3 is 2. The number of nitrogens with zero attached hydrogens (tertiary/aromatic N) is 1. The molecule has 2 fully saturated rings. The van der Waals surface area contributed by atoms with Crippen molar-refractivity contribution in [3.05, 3.63) is 18.2 Å². The van der Waals surface area contributed by atoms with Gasteiger partial charge in [0.15, 0.2) is 0 Å². The van der Waals surface area contributed by atoms with Crippen LogP contribution >= 0.6 is 0 Å². The lowest BCUT2D eigenvalue weighted by atomic mass is 10.1. The molecule has 3 unspecified atom stereocenters. The molecule has 2 saturated heterocycles. The largest absolute Gasteiger partial charge is 0.497 e. The number of ether oxygens (including phenoxy) is 2. The van der Waals surface area contributed by atoms with Gasteiger partial charge in [-0.2, -0.15) is 0 Å². The third-order valence-electron chi connectivity index (χ3n) is 4.98. The van der Waals surface area contributed by atoms with Crippen LogP contribution in [0.25, 0.3) is 0 Å². The van der Waals surface area contributed by atoms with Crippen LogP contribution in [0.2, 0.25) is 0 Å². The zero-order valence-corrected chi connectivity index (χ0v) is 14.8. The molecule has 1 amide bonds. The maximum Gasteiger partial charge on any atom is 0.237 e. The lowest BCUT2D eigenvalue weighted by Gasteiger charge is -2.21. The molecule has 0 aliphatic carbocycles. The second-order valence-corrected chi connectivity index (χ2v) is 6.77. The number of carbonyl (C=O) groups excluding carboxylic acids is 1. The van der Waals surface area contributed by atoms with E-state index in [1.807, 2.05) is 18.2 Å². The number of carbonyl (C=O) groups is 1. The number of aliphatic hydroxyl groups is 1. The molecule has 7 heteroatoms. The molecular weight excluding hydrogens is 322 g/mol. The maximum absolute atomic E-state index is 12.1. The molecule has 25 heavy (non-hydrogen) atoms. The van der Waals surface area contributed by atoms with Gasteiger partial charge in [-0.15, -0.1) is 0 Å². The summed E-state index contributed by atoms with van der Waals surface area (Å²) in [6.45, 7) is 2.98. The molecule has 7 nitrogen and oxygen atoms in total. The average Bonchev–Trinajstić information content (AvgIpc) is 3.28. The Morgan fingerprint density at radius 3 is 2.64 bits per heavy atom. The van der Waals surface area contributed by atoms with E-state index in [9.17, 15) is 9.90 Å². The third kappa shape index (κ3) is 4.35. The van der Waals surface area contributed by atoms with Crippen molar-refractivity contribution in [2.75, 3.05) is 45.3 Å². The Morgan fingerprint density at radius 2 is 2.04 bits per heavy atom. The lowest BCUT2D eigenvalue weighted by molar-refractivity contribution is -0.123. The van der Waals surface area contributed by atoms with Crippen molar-refractivity contribution in [3.8, 4) is 11.5 Å². The first-order valence-corrected chi connectivity index (χ1v) is 8.76. The molecule has 1 aromatic rings. The second-order valence-electron chi connectivity index (χ2n) is 6.77. The van der Waals surface area contributed by atoms with E-state index in [1.165, 1.54) is 0 Å². The monoisotopic (exact) mass is 349 g/mol. The topological polar surface area (TPSA) is 83.1 Å². The van der Waals surface area contributed by atoms with Crippen LogP contribution < -0.4 is 25.0 Å². The Hall–Kier alpha value is -1.99. The van der Waals surface area contributed by atoms with Crippen LogP contribution in [-0.2, 0) is 4.79 Å². The third-order valence-corrected chi connectivity index (χ3v) is 4.98. The molecule has 0 aromatic heterocycles. The molecule has 3 rings (SSSR count). The molecule has 2 heterocycles. The summed E-state index contributed by atoms with van der Waals surface area (Å²) in [5.41, 5.74) is 1.07. The summed E-state index contributed by atoms with van der Waals surface area (Å²) in [4.78, 5) is 14.4. The van der Waals surface area contributed by atoms with Crippen LogP contribution in [0.3, 0.4) is 0 Å². The Morgan fingerprint density at radius 1 is 1.32 bits per heavy atom. The molecule has 0 saturated carbocycles. The second kappa shape index (κ2) is 7.93. The molecular formula is C18H27N3O4. The number of hydrogen-bond acceptors (Lipinski definition) is 6. The van der Waals surface area contributed by atoms with Crippen molar-refractivity contribution >= 4 is 11.6 Å². The highest BCUT2D eigenvalue weighted by atomic mass is 16.5. The zero-order chi connectivity index (χ0) is 17.8. The lowest BCUT2D eigenvalue weighted by Crippen LogP contribution is -2.42. The van der Waals surface area contributed by atoms with Gasteiger partial charge < -0.3 is 30.1 Å². The highest BCUT2D eigenvalue weighted by molar-refractivity contribution is 5.82. The van der Waals surface area contributed by atoms with Crippen molar-refractivity contribution in [2.24, 2.45) is 5.92 Å². The van der Waals surface area contributed by atoms with E-state index in [1.54, 1.807) is 14.2 Å². The van der Waals surface area contributed by atoms with E-state index in [0.717, 1.165) is 36.7 Å². The van der Waals surface area contributed by atoms with Gasteiger partial charge in [-0.25, -0.2) is 0 Å². The molecule has 0 bridgehead atoms. The summed E-state index contributed by atoms with van der Waals surface area (Å²) in [6, 6.07) is 5.61. The van der Waals surface area contributed by atoms with E-state index in [4.69, 9.17) is 9.47 Å². The van der Waals surface area contributed by atoms with Crippen molar-refractivity contribution in [3.63, 3.8) is 0 Å². The van der Waals surface area contributed by atoms with Gasteiger partial charge in [0.05, 0.1) is 26.4 Å². The first kappa shape index (κ1) is 17.8. The fourth-order valence-electron chi connectivity index (χ4n) is 3.49. The van der Waals surface area contributed by atoms with Crippen molar-refractivity contribution in [1.29, 1.82) is 0 Å². The van der Waals surface area contributed by atoms with E-state index in [-0.39, 0.29) is 11.9 Å². The van der Waals surface area contributed by atoms with Crippen molar-refractivity contribution < 1.29 is 19.4 Å². The van der Waals surface area contributed by atoms with Gasteiger partial charge in [0.2, 0.25) is 5.91 Å². The highest BCUT2D eigenvalue weighted by Crippen LogP contribution is 2.31. The number of aliphatic hydroxyl groups excluding tert-OH is 1. The fraction of sp³-hybridized carbons (Fsp3) is 0.611. The Kier molecular flexibility index (Phi) is 5.65. The van der Waals surface area contributed by atoms with Gasteiger partial charge in [0, 0.05) is 50.1 Å². The summed E-state index contributed by atoms with van der Waals surface area (Å²) in [5, 5.41) is 15.6. The molecule has 3 atom stereocenters. The van der Waals surface area contributed by atoms with Gasteiger partial charge in [-0.1, -0.05) is 0 Å². The quantitative estimate of drug-likeness (QED) is 0.688. The van der Waals surface area contributed by atoms with Gasteiger partial charge in [0.25, 0.3) is 0 Å². The average molecular weight is 349 g/mol. The number of amides is 1. The van der Waals surface area contributed by atoms with E-state index in [2.05, 4.69) is 15.5 Å². The molecule has 0 radical (unpaired) electrons. The molecule has 3 N–H and O–H groups in total. The number of nitrogens with one attached hydrogen (secondary N) is 2. The molecule has 0 spiro atoms. The number of rotatable bonds is 6. The van der Waals surface area contributed by atoms with Crippen LogP contribution in [0, 0.1) is 5.92 Å². The van der Waals surface area contributed by atoms with Crippen LogP contribution in [-0.4, -0.2) is 63.6 Å². The Bertz CT molecular complexity index is 588. The van der Waals surface area contributed by atoms with Crippen LogP contribution in [0.15, 0.2) is 18.2 Å². The van der Waals surface area contributed by atoms with Crippen LogP contribution in [0.1, 0.15) is 12.8 Å².